The SMILES string of the molecule is CC(C)c1cc(N2CCOC(CC(=O)O)C2)ncn1. The molecular weight excluding hydrogens is 246 g/mol. The van der Waals surface area contributed by atoms with Gasteiger partial charge in [-0.15, -0.1) is 0 Å². The monoisotopic (exact) mass is 265 g/mol. The molecule has 1 aromatic heterocycles. The maximum absolute atomic E-state index is 10.7. The Bertz CT molecular complexity index is 451. The molecule has 2 heterocycles. The molecule has 104 valence electrons. The van der Waals surface area contributed by atoms with E-state index in [-0.39, 0.29) is 12.5 Å². The predicted molar refractivity (Wildman–Crippen MR) is 70.3 cm³/mol. The summed E-state index contributed by atoms with van der Waals surface area (Å²) >= 11 is 0. The molecule has 1 unspecified atom stereocenters. The van der Waals surface area contributed by atoms with Crippen LogP contribution >= 0.6 is 0 Å². The quantitative estimate of drug-likeness (QED) is 0.883. The van der Waals surface area contributed by atoms with Gasteiger partial charge < -0.3 is 14.7 Å². The lowest BCUT2D eigenvalue weighted by Gasteiger charge is -2.33. The molecule has 0 bridgehead atoms. The molecule has 0 spiro atoms. The molecule has 1 atom stereocenters. The molecule has 1 N–H and O–H groups in total. The van der Waals surface area contributed by atoms with E-state index < -0.39 is 5.97 Å². The molecule has 6 nitrogen and oxygen atoms in total. The van der Waals surface area contributed by atoms with Crippen LogP contribution in [0.2, 0.25) is 0 Å². The number of carbonyl (C=O) groups is 1. The Kier molecular flexibility index (Phi) is 4.31. The molecule has 0 saturated carbocycles. The molecule has 0 aliphatic carbocycles. The Hall–Kier alpha value is -1.69. The Morgan fingerprint density at radius 3 is 3.05 bits per heavy atom. The van der Waals surface area contributed by atoms with Crippen LogP contribution in [0.5, 0.6) is 0 Å². The lowest BCUT2D eigenvalue weighted by Crippen LogP contribution is -2.43. The molecule has 6 heteroatoms. The highest BCUT2D eigenvalue weighted by Gasteiger charge is 2.23. The van der Waals surface area contributed by atoms with E-state index in [4.69, 9.17) is 9.84 Å². The van der Waals surface area contributed by atoms with Gasteiger partial charge in [-0.2, -0.15) is 0 Å². The van der Waals surface area contributed by atoms with Crippen molar-refractivity contribution in [2.24, 2.45) is 0 Å². The van der Waals surface area contributed by atoms with Gasteiger partial charge in [0.25, 0.3) is 0 Å². The molecule has 19 heavy (non-hydrogen) atoms. The van der Waals surface area contributed by atoms with E-state index in [2.05, 4.69) is 28.7 Å². The first-order chi connectivity index (χ1) is 9.06. The largest absolute Gasteiger partial charge is 0.481 e. The van der Waals surface area contributed by atoms with Crippen LogP contribution in [-0.2, 0) is 9.53 Å². The van der Waals surface area contributed by atoms with E-state index in [9.17, 15) is 4.79 Å². The molecule has 0 aromatic carbocycles. The van der Waals surface area contributed by atoms with Gasteiger partial charge in [0.05, 0.1) is 19.1 Å². The summed E-state index contributed by atoms with van der Waals surface area (Å²) in [7, 11) is 0. The fraction of sp³-hybridized carbons (Fsp3) is 0.615. The number of hydrogen-bond donors (Lipinski definition) is 1. The first-order valence-corrected chi connectivity index (χ1v) is 6.46. The minimum atomic E-state index is -0.836. The summed E-state index contributed by atoms with van der Waals surface area (Å²) < 4.78 is 5.45. The van der Waals surface area contributed by atoms with Crippen LogP contribution in [0.25, 0.3) is 0 Å². The van der Waals surface area contributed by atoms with Crippen molar-refractivity contribution in [3.8, 4) is 0 Å². The summed E-state index contributed by atoms with van der Waals surface area (Å²) in [6, 6.07) is 1.97. The first-order valence-electron chi connectivity index (χ1n) is 6.46. The molecule has 1 fully saturated rings. The zero-order valence-corrected chi connectivity index (χ0v) is 11.2. The van der Waals surface area contributed by atoms with E-state index in [0.717, 1.165) is 18.1 Å². The summed E-state index contributed by atoms with van der Waals surface area (Å²) in [6.07, 6.45) is 1.31. The Morgan fingerprint density at radius 1 is 1.58 bits per heavy atom. The molecule has 1 aromatic rings. The zero-order chi connectivity index (χ0) is 13.8. The second-order valence-corrected chi connectivity index (χ2v) is 4.99. The molecular formula is C13H19N3O3. The smallest absolute Gasteiger partial charge is 0.306 e. The van der Waals surface area contributed by atoms with Crippen LogP contribution in [0.1, 0.15) is 31.9 Å². The van der Waals surface area contributed by atoms with Crippen molar-refractivity contribution >= 4 is 11.8 Å². The summed E-state index contributed by atoms with van der Waals surface area (Å²) in [5.74, 6) is 0.354. The highest BCUT2D eigenvalue weighted by atomic mass is 16.5. The highest BCUT2D eigenvalue weighted by molar-refractivity contribution is 5.67. The van der Waals surface area contributed by atoms with Gasteiger partial charge >= 0.3 is 5.97 Å². The van der Waals surface area contributed by atoms with Crippen molar-refractivity contribution in [3.63, 3.8) is 0 Å². The summed E-state index contributed by atoms with van der Waals surface area (Å²) in [6.45, 7) is 5.97. The maximum atomic E-state index is 10.7. The van der Waals surface area contributed by atoms with Crippen LogP contribution in [0.3, 0.4) is 0 Å². The van der Waals surface area contributed by atoms with Gasteiger partial charge in [-0.05, 0) is 5.92 Å². The molecule has 0 amide bonds. The third kappa shape index (κ3) is 3.64. The van der Waals surface area contributed by atoms with Crippen LogP contribution in [0, 0.1) is 0 Å². The number of ether oxygens (including phenoxy) is 1. The Morgan fingerprint density at radius 2 is 2.37 bits per heavy atom. The standard InChI is InChI=1S/C13H19N3O3/c1-9(2)11-6-12(15-8-14-11)16-3-4-19-10(7-16)5-13(17)18/h6,8-10H,3-5,7H2,1-2H3,(H,17,18). The van der Waals surface area contributed by atoms with Crippen molar-refractivity contribution in [2.75, 3.05) is 24.6 Å². The van der Waals surface area contributed by atoms with Gasteiger partial charge in [-0.25, -0.2) is 9.97 Å². The molecule has 2 rings (SSSR count). The topological polar surface area (TPSA) is 75.5 Å². The zero-order valence-electron chi connectivity index (χ0n) is 11.2. The Balaban J connectivity index is 2.08. The van der Waals surface area contributed by atoms with Gasteiger partial charge in [0.2, 0.25) is 0 Å². The molecule has 1 aliphatic heterocycles. The maximum Gasteiger partial charge on any atom is 0.306 e. The van der Waals surface area contributed by atoms with Crippen molar-refractivity contribution in [1.82, 2.24) is 9.97 Å². The van der Waals surface area contributed by atoms with Gasteiger partial charge in [0.15, 0.2) is 0 Å². The second kappa shape index (κ2) is 5.97. The number of aliphatic carboxylic acids is 1. The Labute approximate surface area is 112 Å². The number of nitrogens with zero attached hydrogens (tertiary/aromatic N) is 3. The number of rotatable bonds is 4. The van der Waals surface area contributed by atoms with E-state index in [1.54, 1.807) is 6.33 Å². The first kappa shape index (κ1) is 13.7. The minimum absolute atomic E-state index is 0.0264. The fourth-order valence-corrected chi connectivity index (χ4v) is 2.10. The molecule has 1 aliphatic rings. The average Bonchev–Trinajstić information content (AvgIpc) is 2.38. The fourth-order valence-electron chi connectivity index (χ4n) is 2.10. The minimum Gasteiger partial charge on any atom is -0.481 e. The van der Waals surface area contributed by atoms with Crippen molar-refractivity contribution in [2.45, 2.75) is 32.3 Å². The van der Waals surface area contributed by atoms with Crippen molar-refractivity contribution in [1.29, 1.82) is 0 Å². The van der Waals surface area contributed by atoms with Crippen molar-refractivity contribution in [3.05, 3.63) is 18.1 Å². The van der Waals surface area contributed by atoms with Crippen LogP contribution in [0.15, 0.2) is 12.4 Å². The molecule has 1 saturated heterocycles. The van der Waals surface area contributed by atoms with Gasteiger partial charge in [-0.1, -0.05) is 13.8 Å². The van der Waals surface area contributed by atoms with E-state index in [0.29, 0.717) is 19.1 Å². The van der Waals surface area contributed by atoms with Gasteiger partial charge in [-0.3, -0.25) is 4.79 Å². The number of hydrogen-bond acceptors (Lipinski definition) is 5. The third-order valence-electron chi connectivity index (χ3n) is 3.13. The lowest BCUT2D eigenvalue weighted by molar-refractivity contribution is -0.140. The predicted octanol–water partition coefficient (Wildman–Crippen LogP) is 1.28. The summed E-state index contributed by atoms with van der Waals surface area (Å²) in [5.41, 5.74) is 0.992. The van der Waals surface area contributed by atoms with E-state index in [1.807, 2.05) is 6.07 Å². The number of aromatic nitrogens is 2. The van der Waals surface area contributed by atoms with Crippen LogP contribution in [0.4, 0.5) is 5.82 Å². The second-order valence-electron chi connectivity index (χ2n) is 4.99. The molecule has 0 radical (unpaired) electrons. The number of carboxylic acids is 1. The van der Waals surface area contributed by atoms with Crippen molar-refractivity contribution < 1.29 is 14.6 Å². The average molecular weight is 265 g/mol. The van der Waals surface area contributed by atoms with E-state index in [1.165, 1.54) is 0 Å². The number of carboxylic acid groups (broad SMARTS) is 1. The van der Waals surface area contributed by atoms with Gasteiger partial charge in [0.1, 0.15) is 12.1 Å². The van der Waals surface area contributed by atoms with E-state index >= 15 is 0 Å². The summed E-state index contributed by atoms with van der Waals surface area (Å²) in [5, 5.41) is 8.82. The highest BCUT2D eigenvalue weighted by Crippen LogP contribution is 2.20. The summed E-state index contributed by atoms with van der Waals surface area (Å²) in [4.78, 5) is 21.3. The normalized spacial score (nSPS) is 19.7. The lowest BCUT2D eigenvalue weighted by atomic mass is 10.1. The van der Waals surface area contributed by atoms with Gasteiger partial charge in [0, 0.05) is 24.8 Å². The van der Waals surface area contributed by atoms with Crippen LogP contribution < -0.4 is 4.90 Å². The third-order valence-corrected chi connectivity index (χ3v) is 3.13. The van der Waals surface area contributed by atoms with Crippen LogP contribution in [-0.4, -0.2) is 46.8 Å². The number of anilines is 1. The number of morpholine rings is 1.